The molecular formula is C20H31N3O. The molecule has 0 saturated carbocycles. The molecule has 0 bridgehead atoms. The zero-order valence-electron chi connectivity index (χ0n) is 15.2. The third kappa shape index (κ3) is 4.58. The Bertz CT molecular complexity index is 537. The minimum atomic E-state index is 0.300. The molecule has 0 unspecified atom stereocenters. The molecule has 4 heteroatoms. The molecule has 3 rings (SSSR count). The molecule has 0 N–H and O–H groups in total. The van der Waals surface area contributed by atoms with E-state index in [0.29, 0.717) is 17.9 Å². The van der Waals surface area contributed by atoms with Gasteiger partial charge in [-0.3, -0.25) is 9.69 Å². The molecule has 0 spiro atoms. The van der Waals surface area contributed by atoms with E-state index >= 15 is 0 Å². The number of hydrogen-bond acceptors (Lipinski definition) is 3. The van der Waals surface area contributed by atoms with Crippen molar-refractivity contribution < 1.29 is 4.79 Å². The van der Waals surface area contributed by atoms with E-state index in [2.05, 4.69) is 48.0 Å². The Morgan fingerprint density at radius 2 is 1.75 bits per heavy atom. The van der Waals surface area contributed by atoms with Crippen molar-refractivity contribution >= 4 is 5.91 Å². The third-order valence-corrected chi connectivity index (χ3v) is 5.71. The third-order valence-electron chi connectivity index (χ3n) is 5.71. The summed E-state index contributed by atoms with van der Waals surface area (Å²) in [7, 11) is 2.20. The van der Waals surface area contributed by atoms with Crippen LogP contribution in [-0.4, -0.2) is 73.5 Å². The van der Waals surface area contributed by atoms with Crippen molar-refractivity contribution in [1.82, 2.24) is 14.7 Å². The lowest BCUT2D eigenvalue weighted by Crippen LogP contribution is -2.54. The molecular weight excluding hydrogens is 298 g/mol. The van der Waals surface area contributed by atoms with E-state index in [1.807, 2.05) is 11.0 Å². The summed E-state index contributed by atoms with van der Waals surface area (Å²) in [6.07, 6.45) is 3.44. The van der Waals surface area contributed by atoms with Gasteiger partial charge in [0.2, 0.25) is 5.91 Å². The van der Waals surface area contributed by atoms with E-state index in [1.54, 1.807) is 0 Å². The Balaban J connectivity index is 1.46. The molecule has 4 nitrogen and oxygen atoms in total. The van der Waals surface area contributed by atoms with Crippen molar-refractivity contribution in [3.05, 3.63) is 35.9 Å². The standard InChI is InChI=1S/C20H31N3O/c1-20(9-12-21(2)13-10-20)17-22-14-15-23(19(24)16-22)11-8-18-6-4-3-5-7-18/h3-7H,8-17H2,1-2H3. The number of rotatable bonds is 5. The Morgan fingerprint density at radius 3 is 2.42 bits per heavy atom. The lowest BCUT2D eigenvalue weighted by atomic mass is 9.80. The van der Waals surface area contributed by atoms with Crippen molar-refractivity contribution in [2.45, 2.75) is 26.2 Å². The number of piperidine rings is 1. The second-order valence-corrected chi connectivity index (χ2v) is 7.94. The average molecular weight is 329 g/mol. The van der Waals surface area contributed by atoms with Crippen LogP contribution in [0.5, 0.6) is 0 Å². The fourth-order valence-electron chi connectivity index (χ4n) is 3.89. The van der Waals surface area contributed by atoms with Gasteiger partial charge < -0.3 is 9.80 Å². The molecule has 132 valence electrons. The van der Waals surface area contributed by atoms with E-state index in [0.717, 1.165) is 32.6 Å². The summed E-state index contributed by atoms with van der Waals surface area (Å²) in [5.74, 6) is 0.300. The second-order valence-electron chi connectivity index (χ2n) is 7.94. The van der Waals surface area contributed by atoms with E-state index in [-0.39, 0.29) is 0 Å². The van der Waals surface area contributed by atoms with Crippen LogP contribution in [0, 0.1) is 5.41 Å². The first-order valence-corrected chi connectivity index (χ1v) is 9.27. The molecule has 0 aliphatic carbocycles. The molecule has 0 radical (unpaired) electrons. The van der Waals surface area contributed by atoms with Gasteiger partial charge in [0.25, 0.3) is 0 Å². The molecule has 1 aromatic rings. The van der Waals surface area contributed by atoms with Crippen LogP contribution in [0.4, 0.5) is 0 Å². The average Bonchev–Trinajstić information content (AvgIpc) is 2.58. The lowest BCUT2D eigenvalue weighted by Gasteiger charge is -2.43. The molecule has 2 saturated heterocycles. The van der Waals surface area contributed by atoms with Crippen LogP contribution >= 0.6 is 0 Å². The van der Waals surface area contributed by atoms with Gasteiger partial charge in [0.1, 0.15) is 0 Å². The molecule has 0 aromatic heterocycles. The number of amides is 1. The highest BCUT2D eigenvalue weighted by Gasteiger charge is 2.33. The molecule has 2 fully saturated rings. The maximum atomic E-state index is 12.5. The van der Waals surface area contributed by atoms with Crippen LogP contribution in [0.25, 0.3) is 0 Å². The number of hydrogen-bond donors (Lipinski definition) is 0. The smallest absolute Gasteiger partial charge is 0.236 e. The second kappa shape index (κ2) is 7.66. The first-order valence-electron chi connectivity index (χ1n) is 9.27. The molecule has 1 amide bonds. The van der Waals surface area contributed by atoms with Gasteiger partial charge in [-0.15, -0.1) is 0 Å². The van der Waals surface area contributed by atoms with E-state index in [9.17, 15) is 4.79 Å². The van der Waals surface area contributed by atoms with Crippen LogP contribution in [0.1, 0.15) is 25.3 Å². The van der Waals surface area contributed by atoms with Gasteiger partial charge in [0, 0.05) is 26.2 Å². The molecule has 0 atom stereocenters. The van der Waals surface area contributed by atoms with E-state index in [4.69, 9.17) is 0 Å². The normalized spacial score (nSPS) is 22.8. The first kappa shape index (κ1) is 17.4. The van der Waals surface area contributed by atoms with E-state index in [1.165, 1.54) is 31.5 Å². The number of carbonyl (C=O) groups is 1. The van der Waals surface area contributed by atoms with Gasteiger partial charge in [-0.25, -0.2) is 0 Å². The van der Waals surface area contributed by atoms with Gasteiger partial charge in [0.15, 0.2) is 0 Å². The summed E-state index contributed by atoms with van der Waals surface area (Å²) < 4.78 is 0. The van der Waals surface area contributed by atoms with Gasteiger partial charge in [-0.1, -0.05) is 37.3 Å². The number of piperazine rings is 1. The number of carbonyl (C=O) groups excluding carboxylic acids is 1. The minimum absolute atomic E-state index is 0.300. The first-order chi connectivity index (χ1) is 11.5. The highest BCUT2D eigenvalue weighted by atomic mass is 16.2. The van der Waals surface area contributed by atoms with Gasteiger partial charge >= 0.3 is 0 Å². The zero-order valence-corrected chi connectivity index (χ0v) is 15.2. The van der Waals surface area contributed by atoms with Gasteiger partial charge in [-0.05, 0) is 50.4 Å². The predicted octanol–water partition coefficient (Wildman–Crippen LogP) is 2.11. The highest BCUT2D eigenvalue weighted by molar-refractivity contribution is 5.79. The Morgan fingerprint density at radius 1 is 1.04 bits per heavy atom. The van der Waals surface area contributed by atoms with Crippen molar-refractivity contribution in [1.29, 1.82) is 0 Å². The number of likely N-dealkylation sites (tertiary alicyclic amines) is 1. The van der Waals surface area contributed by atoms with Crippen molar-refractivity contribution in [3.8, 4) is 0 Å². The Labute approximate surface area is 146 Å². The Kier molecular flexibility index (Phi) is 5.57. The largest absolute Gasteiger partial charge is 0.340 e. The van der Waals surface area contributed by atoms with Crippen LogP contribution in [0.3, 0.4) is 0 Å². The summed E-state index contributed by atoms with van der Waals surface area (Å²) in [6.45, 7) is 9.17. The minimum Gasteiger partial charge on any atom is -0.340 e. The summed E-state index contributed by atoms with van der Waals surface area (Å²) in [4.78, 5) is 19.3. The summed E-state index contributed by atoms with van der Waals surface area (Å²) >= 11 is 0. The van der Waals surface area contributed by atoms with E-state index < -0.39 is 0 Å². The topological polar surface area (TPSA) is 26.8 Å². The highest BCUT2D eigenvalue weighted by Crippen LogP contribution is 2.31. The van der Waals surface area contributed by atoms with Crippen LogP contribution in [0.15, 0.2) is 30.3 Å². The zero-order chi connectivity index (χ0) is 17.0. The van der Waals surface area contributed by atoms with Crippen LogP contribution in [0.2, 0.25) is 0 Å². The maximum Gasteiger partial charge on any atom is 0.236 e. The monoisotopic (exact) mass is 329 g/mol. The fourth-order valence-corrected chi connectivity index (χ4v) is 3.89. The van der Waals surface area contributed by atoms with Crippen molar-refractivity contribution in [2.24, 2.45) is 5.41 Å². The van der Waals surface area contributed by atoms with Gasteiger partial charge in [0.05, 0.1) is 6.54 Å². The summed E-state index contributed by atoms with van der Waals surface area (Å²) in [6, 6.07) is 10.5. The predicted molar refractivity (Wildman–Crippen MR) is 98.0 cm³/mol. The SMILES string of the molecule is CN1CCC(C)(CN2CCN(CCc3ccccc3)C(=O)C2)CC1. The molecule has 2 heterocycles. The molecule has 1 aromatic carbocycles. The maximum absolute atomic E-state index is 12.5. The molecule has 2 aliphatic heterocycles. The molecule has 2 aliphatic rings. The number of nitrogens with zero attached hydrogens (tertiary/aromatic N) is 3. The molecule has 24 heavy (non-hydrogen) atoms. The Hall–Kier alpha value is -1.39. The van der Waals surface area contributed by atoms with Crippen molar-refractivity contribution in [3.63, 3.8) is 0 Å². The van der Waals surface area contributed by atoms with Gasteiger partial charge in [-0.2, -0.15) is 0 Å². The summed E-state index contributed by atoms with van der Waals surface area (Å²) in [5, 5.41) is 0. The summed E-state index contributed by atoms with van der Waals surface area (Å²) in [5.41, 5.74) is 1.69. The number of benzene rings is 1. The van der Waals surface area contributed by atoms with Crippen LogP contribution < -0.4 is 0 Å². The lowest BCUT2D eigenvalue weighted by molar-refractivity contribution is -0.136. The fraction of sp³-hybridized carbons (Fsp3) is 0.650. The quantitative estimate of drug-likeness (QED) is 0.828. The van der Waals surface area contributed by atoms with Crippen molar-refractivity contribution in [2.75, 3.05) is 52.9 Å². The van der Waals surface area contributed by atoms with Crippen LogP contribution in [-0.2, 0) is 11.2 Å².